The first-order valence-corrected chi connectivity index (χ1v) is 9.29. The second-order valence-corrected chi connectivity index (χ2v) is 7.03. The molecule has 0 unspecified atom stereocenters. The third-order valence-electron chi connectivity index (χ3n) is 5.51. The summed E-state index contributed by atoms with van der Waals surface area (Å²) in [6.07, 6.45) is 9.53. The van der Waals surface area contributed by atoms with Crippen molar-refractivity contribution in [1.82, 2.24) is 9.97 Å². The molecule has 1 aliphatic carbocycles. The zero-order chi connectivity index (χ0) is 18.1. The van der Waals surface area contributed by atoms with Gasteiger partial charge in [-0.2, -0.15) is 0 Å². The van der Waals surface area contributed by atoms with E-state index in [2.05, 4.69) is 95.0 Å². The number of hydrogen-bond donors (Lipinski definition) is 1. The van der Waals surface area contributed by atoms with Crippen LogP contribution in [-0.4, -0.2) is 9.97 Å². The number of hydrogen-bond acceptors (Lipinski definition) is 1. The van der Waals surface area contributed by atoms with Gasteiger partial charge in [0.25, 0.3) is 0 Å². The smallest absolute Gasteiger partial charge is 0.0870 e. The highest BCUT2D eigenvalue weighted by molar-refractivity contribution is 5.76. The van der Waals surface area contributed by atoms with Gasteiger partial charge in [0.05, 0.1) is 11.4 Å². The number of nitrogens with zero attached hydrogens (tertiary/aromatic N) is 1. The number of aromatic nitrogens is 2. The minimum absolute atomic E-state index is 0.154. The summed E-state index contributed by atoms with van der Waals surface area (Å²) in [5, 5.41) is 0. The summed E-state index contributed by atoms with van der Waals surface area (Å²) in [5.74, 6) is 0. The van der Waals surface area contributed by atoms with Crippen LogP contribution < -0.4 is 0 Å². The van der Waals surface area contributed by atoms with Gasteiger partial charge in [-0.3, -0.25) is 4.98 Å². The standard InChI is InChI=1S/C25H20N2/c1-3-9-20(10-4-1)25(21-11-5-2-6-12-21)15-14-22-19(17-25)18-27-24(22)23-13-7-8-16-26-23/h1-16,18,27H,17H2. The lowest BCUT2D eigenvalue weighted by Gasteiger charge is -2.35. The van der Waals surface area contributed by atoms with Gasteiger partial charge < -0.3 is 4.98 Å². The summed E-state index contributed by atoms with van der Waals surface area (Å²) < 4.78 is 0. The third kappa shape index (κ3) is 2.61. The number of pyridine rings is 1. The summed E-state index contributed by atoms with van der Waals surface area (Å²) in [6.45, 7) is 0. The highest BCUT2D eigenvalue weighted by Crippen LogP contribution is 2.43. The maximum absolute atomic E-state index is 4.52. The van der Waals surface area contributed by atoms with E-state index in [0.717, 1.165) is 17.8 Å². The Kier molecular flexibility index (Phi) is 3.75. The Balaban J connectivity index is 1.66. The Morgan fingerprint density at radius 3 is 2.07 bits per heavy atom. The van der Waals surface area contributed by atoms with Gasteiger partial charge in [0.2, 0.25) is 0 Å². The molecule has 0 saturated carbocycles. The number of fused-ring (bicyclic) bond motifs is 1. The minimum atomic E-state index is -0.154. The van der Waals surface area contributed by atoms with Crippen molar-refractivity contribution >= 4 is 6.08 Å². The lowest BCUT2D eigenvalue weighted by molar-refractivity contribution is 0.634. The van der Waals surface area contributed by atoms with Crippen molar-refractivity contribution in [2.45, 2.75) is 11.8 Å². The van der Waals surface area contributed by atoms with Crippen LogP contribution in [0.15, 0.2) is 97.3 Å². The van der Waals surface area contributed by atoms with Crippen LogP contribution in [0.2, 0.25) is 0 Å². The van der Waals surface area contributed by atoms with E-state index < -0.39 is 0 Å². The fourth-order valence-corrected chi connectivity index (χ4v) is 4.15. The molecule has 1 aliphatic rings. The van der Waals surface area contributed by atoms with Gasteiger partial charge in [0.1, 0.15) is 0 Å². The van der Waals surface area contributed by atoms with E-state index >= 15 is 0 Å². The molecule has 2 aromatic carbocycles. The highest BCUT2D eigenvalue weighted by Gasteiger charge is 2.35. The molecular formula is C25H20N2. The van der Waals surface area contributed by atoms with Crippen LogP contribution in [0.3, 0.4) is 0 Å². The van der Waals surface area contributed by atoms with Crippen molar-refractivity contribution < 1.29 is 0 Å². The normalized spacial score (nSPS) is 14.7. The van der Waals surface area contributed by atoms with E-state index in [1.807, 2.05) is 18.3 Å². The first-order chi connectivity index (χ1) is 13.4. The molecule has 0 amide bonds. The molecule has 2 heterocycles. The van der Waals surface area contributed by atoms with Crippen LogP contribution in [-0.2, 0) is 11.8 Å². The number of rotatable bonds is 3. The predicted octanol–water partition coefficient (Wildman–Crippen LogP) is 5.63. The molecule has 0 bridgehead atoms. The molecule has 5 rings (SSSR count). The molecule has 0 saturated heterocycles. The van der Waals surface area contributed by atoms with Gasteiger partial charge in [0.15, 0.2) is 0 Å². The summed E-state index contributed by atoms with van der Waals surface area (Å²) >= 11 is 0. The maximum Gasteiger partial charge on any atom is 0.0870 e. The van der Waals surface area contributed by atoms with Crippen LogP contribution in [0.4, 0.5) is 0 Å². The Bertz CT molecular complexity index is 1040. The van der Waals surface area contributed by atoms with Gasteiger partial charge in [0, 0.05) is 23.4 Å². The maximum atomic E-state index is 4.52. The van der Waals surface area contributed by atoms with Crippen molar-refractivity contribution in [3.05, 3.63) is 120 Å². The topological polar surface area (TPSA) is 28.7 Å². The largest absolute Gasteiger partial charge is 0.359 e. The molecule has 0 fully saturated rings. The number of benzene rings is 2. The monoisotopic (exact) mass is 348 g/mol. The van der Waals surface area contributed by atoms with Crippen molar-refractivity contribution in [3.8, 4) is 11.4 Å². The van der Waals surface area contributed by atoms with Gasteiger partial charge in [-0.25, -0.2) is 0 Å². The molecule has 130 valence electrons. The van der Waals surface area contributed by atoms with E-state index in [-0.39, 0.29) is 5.41 Å². The molecule has 0 aliphatic heterocycles. The molecule has 1 N–H and O–H groups in total. The fraction of sp³-hybridized carbons (Fsp3) is 0.0800. The van der Waals surface area contributed by atoms with E-state index in [9.17, 15) is 0 Å². The summed E-state index contributed by atoms with van der Waals surface area (Å²) in [4.78, 5) is 7.98. The Morgan fingerprint density at radius 2 is 1.44 bits per heavy atom. The molecule has 0 atom stereocenters. The zero-order valence-electron chi connectivity index (χ0n) is 15.0. The number of H-pyrrole nitrogens is 1. The van der Waals surface area contributed by atoms with Crippen LogP contribution in [0.5, 0.6) is 0 Å². The van der Waals surface area contributed by atoms with Crippen molar-refractivity contribution in [2.75, 3.05) is 0 Å². The predicted molar refractivity (Wildman–Crippen MR) is 110 cm³/mol. The van der Waals surface area contributed by atoms with Gasteiger partial charge >= 0.3 is 0 Å². The van der Waals surface area contributed by atoms with Gasteiger partial charge in [-0.15, -0.1) is 0 Å². The molecule has 2 aromatic heterocycles. The van der Waals surface area contributed by atoms with Crippen molar-refractivity contribution in [3.63, 3.8) is 0 Å². The zero-order valence-corrected chi connectivity index (χ0v) is 15.0. The quantitative estimate of drug-likeness (QED) is 0.510. The summed E-state index contributed by atoms with van der Waals surface area (Å²) in [7, 11) is 0. The average Bonchev–Trinajstić information content (AvgIpc) is 3.18. The lowest BCUT2D eigenvalue weighted by atomic mass is 9.68. The van der Waals surface area contributed by atoms with Gasteiger partial charge in [-0.05, 0) is 35.2 Å². The van der Waals surface area contributed by atoms with E-state index in [1.165, 1.54) is 22.3 Å². The molecule has 27 heavy (non-hydrogen) atoms. The number of nitrogens with one attached hydrogen (secondary N) is 1. The Labute approximate surface area is 159 Å². The minimum Gasteiger partial charge on any atom is -0.359 e. The van der Waals surface area contributed by atoms with Crippen molar-refractivity contribution in [1.29, 1.82) is 0 Å². The van der Waals surface area contributed by atoms with Crippen molar-refractivity contribution in [2.24, 2.45) is 0 Å². The highest BCUT2D eigenvalue weighted by atomic mass is 14.8. The molecular weight excluding hydrogens is 328 g/mol. The molecule has 2 heteroatoms. The van der Waals surface area contributed by atoms with E-state index in [4.69, 9.17) is 0 Å². The van der Waals surface area contributed by atoms with Crippen LogP contribution in [0, 0.1) is 0 Å². The lowest BCUT2D eigenvalue weighted by Crippen LogP contribution is -2.30. The second kappa shape index (κ2) is 6.40. The van der Waals surface area contributed by atoms with E-state index in [1.54, 1.807) is 0 Å². The fourth-order valence-electron chi connectivity index (χ4n) is 4.15. The van der Waals surface area contributed by atoms with Crippen LogP contribution in [0.25, 0.3) is 17.5 Å². The number of aromatic amines is 1. The summed E-state index contributed by atoms with van der Waals surface area (Å²) in [6, 6.07) is 27.6. The molecule has 0 spiro atoms. The average molecular weight is 348 g/mol. The Hall–Kier alpha value is -3.39. The number of allylic oxidation sites excluding steroid dienone is 1. The second-order valence-electron chi connectivity index (χ2n) is 7.03. The molecule has 0 radical (unpaired) electrons. The Morgan fingerprint density at radius 1 is 0.778 bits per heavy atom. The molecule has 2 nitrogen and oxygen atoms in total. The van der Waals surface area contributed by atoms with Crippen LogP contribution in [0.1, 0.15) is 22.3 Å². The first kappa shape index (κ1) is 15.8. The van der Waals surface area contributed by atoms with E-state index in [0.29, 0.717) is 0 Å². The first-order valence-electron chi connectivity index (χ1n) is 9.29. The third-order valence-corrected chi connectivity index (χ3v) is 5.51. The summed E-state index contributed by atoms with van der Waals surface area (Å²) in [5.41, 5.74) is 7.13. The van der Waals surface area contributed by atoms with Crippen LogP contribution >= 0.6 is 0 Å². The molecule has 4 aromatic rings. The van der Waals surface area contributed by atoms with Gasteiger partial charge in [-0.1, -0.05) is 78.9 Å². The SMILES string of the molecule is C1=CC(c2ccccc2)(c2ccccc2)Cc2c[nH]c(-c3ccccn3)c21.